The summed E-state index contributed by atoms with van der Waals surface area (Å²) in [6, 6.07) is 3.83. The fourth-order valence-electron chi connectivity index (χ4n) is 2.20. The summed E-state index contributed by atoms with van der Waals surface area (Å²) in [6.45, 7) is 6.38. The molecule has 1 aromatic carbocycles. The highest BCUT2D eigenvalue weighted by Crippen LogP contribution is 2.25. The Labute approximate surface area is 109 Å². The van der Waals surface area contributed by atoms with Crippen LogP contribution in [0.1, 0.15) is 41.3 Å². The first-order valence-electron chi connectivity index (χ1n) is 6.44. The number of hydrogen-bond donors (Lipinski definition) is 1. The molecule has 3 nitrogen and oxygen atoms in total. The zero-order valence-corrected chi connectivity index (χ0v) is 11.7. The van der Waals surface area contributed by atoms with Crippen molar-refractivity contribution < 1.29 is 9.53 Å². The second-order valence-corrected chi connectivity index (χ2v) is 4.72. The maximum absolute atomic E-state index is 12.4. The molecule has 0 aliphatic rings. The van der Waals surface area contributed by atoms with Gasteiger partial charge < -0.3 is 10.5 Å². The fourth-order valence-corrected chi connectivity index (χ4v) is 2.20. The van der Waals surface area contributed by atoms with E-state index in [1.807, 2.05) is 26.0 Å². The summed E-state index contributed by atoms with van der Waals surface area (Å²) in [5.41, 5.74) is 8.41. The van der Waals surface area contributed by atoms with Gasteiger partial charge in [-0.3, -0.25) is 4.79 Å². The first-order chi connectivity index (χ1) is 8.54. The molecular formula is C15H23NO2. The van der Waals surface area contributed by atoms with E-state index in [2.05, 4.69) is 6.92 Å². The van der Waals surface area contributed by atoms with Crippen molar-refractivity contribution in [3.8, 4) is 5.75 Å². The van der Waals surface area contributed by atoms with E-state index < -0.39 is 0 Å². The van der Waals surface area contributed by atoms with Crippen molar-refractivity contribution in [1.82, 2.24) is 0 Å². The number of ketones is 1. The van der Waals surface area contributed by atoms with Crippen molar-refractivity contribution in [3.63, 3.8) is 0 Å². The molecule has 18 heavy (non-hydrogen) atoms. The molecule has 0 aliphatic heterocycles. The topological polar surface area (TPSA) is 52.3 Å². The highest BCUT2D eigenvalue weighted by atomic mass is 16.5. The van der Waals surface area contributed by atoms with Crippen LogP contribution in [0.2, 0.25) is 0 Å². The quantitative estimate of drug-likeness (QED) is 0.789. The minimum Gasteiger partial charge on any atom is -0.496 e. The fraction of sp³-hybridized carbons (Fsp3) is 0.533. The van der Waals surface area contributed by atoms with Gasteiger partial charge in [-0.25, -0.2) is 0 Å². The van der Waals surface area contributed by atoms with E-state index in [-0.39, 0.29) is 11.7 Å². The molecule has 0 radical (unpaired) electrons. The van der Waals surface area contributed by atoms with Gasteiger partial charge in [-0.15, -0.1) is 0 Å². The molecule has 0 bridgehead atoms. The molecule has 0 aromatic heterocycles. The number of aryl methyl sites for hydroxylation is 2. The van der Waals surface area contributed by atoms with Crippen LogP contribution in [0.4, 0.5) is 0 Å². The number of carbonyl (C=O) groups is 1. The van der Waals surface area contributed by atoms with Gasteiger partial charge >= 0.3 is 0 Å². The van der Waals surface area contributed by atoms with Gasteiger partial charge in [-0.05, 0) is 43.5 Å². The third kappa shape index (κ3) is 3.10. The molecule has 1 rings (SSSR count). The highest BCUT2D eigenvalue weighted by Gasteiger charge is 2.20. The summed E-state index contributed by atoms with van der Waals surface area (Å²) in [5, 5.41) is 0. The molecule has 0 saturated carbocycles. The van der Waals surface area contributed by atoms with Crippen molar-refractivity contribution in [2.24, 2.45) is 11.7 Å². The molecule has 1 atom stereocenters. The van der Waals surface area contributed by atoms with Crippen LogP contribution < -0.4 is 10.5 Å². The van der Waals surface area contributed by atoms with Gasteiger partial charge in [-0.2, -0.15) is 0 Å². The lowest BCUT2D eigenvalue weighted by molar-refractivity contribution is 0.0916. The molecule has 0 spiro atoms. The third-order valence-corrected chi connectivity index (χ3v) is 3.30. The largest absolute Gasteiger partial charge is 0.496 e. The van der Waals surface area contributed by atoms with Crippen LogP contribution in [0.25, 0.3) is 0 Å². The lowest BCUT2D eigenvalue weighted by Gasteiger charge is -2.16. The Hall–Kier alpha value is -1.35. The number of hydrogen-bond acceptors (Lipinski definition) is 3. The Morgan fingerprint density at radius 2 is 2.00 bits per heavy atom. The van der Waals surface area contributed by atoms with E-state index >= 15 is 0 Å². The minimum absolute atomic E-state index is 0.0681. The third-order valence-electron chi connectivity index (χ3n) is 3.30. The van der Waals surface area contributed by atoms with E-state index in [9.17, 15) is 4.79 Å². The normalized spacial score (nSPS) is 12.3. The summed E-state index contributed by atoms with van der Waals surface area (Å²) < 4.78 is 5.26. The van der Waals surface area contributed by atoms with Gasteiger partial charge in [0.05, 0.1) is 7.11 Å². The Kier molecular flexibility index (Phi) is 5.35. The number of nitrogens with two attached hydrogens (primary N) is 1. The minimum atomic E-state index is -0.0681. The van der Waals surface area contributed by atoms with Crippen molar-refractivity contribution in [3.05, 3.63) is 28.8 Å². The second kappa shape index (κ2) is 6.55. The highest BCUT2D eigenvalue weighted by molar-refractivity contribution is 5.99. The SMILES string of the molecule is CCCC(CN)C(=O)c1cc(C)c(OC)cc1C. The molecule has 2 N–H and O–H groups in total. The van der Waals surface area contributed by atoms with Crippen LogP contribution in [0, 0.1) is 19.8 Å². The summed E-state index contributed by atoms with van der Waals surface area (Å²) in [7, 11) is 1.64. The first-order valence-corrected chi connectivity index (χ1v) is 6.44. The first kappa shape index (κ1) is 14.7. The van der Waals surface area contributed by atoms with Crippen LogP contribution in [-0.4, -0.2) is 19.4 Å². The monoisotopic (exact) mass is 249 g/mol. The van der Waals surface area contributed by atoms with Gasteiger partial charge in [0, 0.05) is 18.0 Å². The smallest absolute Gasteiger partial charge is 0.167 e. The van der Waals surface area contributed by atoms with Crippen molar-refractivity contribution >= 4 is 5.78 Å². The Morgan fingerprint density at radius 3 is 2.50 bits per heavy atom. The maximum atomic E-state index is 12.4. The molecule has 100 valence electrons. The van der Waals surface area contributed by atoms with Gasteiger partial charge in [-0.1, -0.05) is 13.3 Å². The lowest BCUT2D eigenvalue weighted by Crippen LogP contribution is -2.24. The average molecular weight is 249 g/mol. The van der Waals surface area contributed by atoms with Crippen molar-refractivity contribution in [1.29, 1.82) is 0 Å². The number of rotatable bonds is 6. The molecule has 0 heterocycles. The molecule has 1 aromatic rings. The Balaban J connectivity index is 3.09. The van der Waals surface area contributed by atoms with E-state index in [4.69, 9.17) is 10.5 Å². The molecule has 0 amide bonds. The number of Topliss-reactive ketones (excluding diaryl/α,β-unsaturated/α-hetero) is 1. The predicted molar refractivity (Wildman–Crippen MR) is 74.3 cm³/mol. The Bertz CT molecular complexity index is 427. The van der Waals surface area contributed by atoms with E-state index in [1.165, 1.54) is 0 Å². The molecular weight excluding hydrogens is 226 g/mol. The predicted octanol–water partition coefficient (Wildman–Crippen LogP) is 2.87. The summed E-state index contributed by atoms with van der Waals surface area (Å²) in [6.07, 6.45) is 1.82. The average Bonchev–Trinajstić information content (AvgIpc) is 2.37. The number of ether oxygens (including phenoxy) is 1. The summed E-state index contributed by atoms with van der Waals surface area (Å²) >= 11 is 0. The van der Waals surface area contributed by atoms with E-state index in [0.29, 0.717) is 6.54 Å². The van der Waals surface area contributed by atoms with E-state index in [1.54, 1.807) is 7.11 Å². The van der Waals surface area contributed by atoms with Gasteiger partial charge in [0.15, 0.2) is 5.78 Å². The van der Waals surface area contributed by atoms with Crippen molar-refractivity contribution in [2.45, 2.75) is 33.6 Å². The second-order valence-electron chi connectivity index (χ2n) is 4.72. The van der Waals surface area contributed by atoms with Gasteiger partial charge in [0.2, 0.25) is 0 Å². The van der Waals surface area contributed by atoms with Crippen molar-refractivity contribution in [2.75, 3.05) is 13.7 Å². The molecule has 0 fully saturated rings. The number of carbonyl (C=O) groups excluding carboxylic acids is 1. The van der Waals surface area contributed by atoms with Gasteiger partial charge in [0.25, 0.3) is 0 Å². The van der Waals surface area contributed by atoms with E-state index in [0.717, 1.165) is 35.3 Å². The van der Waals surface area contributed by atoms with Gasteiger partial charge in [0.1, 0.15) is 5.75 Å². The lowest BCUT2D eigenvalue weighted by atomic mass is 9.90. The van der Waals surface area contributed by atoms with Crippen LogP contribution in [-0.2, 0) is 0 Å². The molecule has 3 heteroatoms. The maximum Gasteiger partial charge on any atom is 0.167 e. The zero-order valence-electron chi connectivity index (χ0n) is 11.7. The molecule has 0 saturated heterocycles. The molecule has 0 aliphatic carbocycles. The summed E-state index contributed by atoms with van der Waals surface area (Å²) in [4.78, 5) is 12.4. The van der Waals surface area contributed by atoms with Crippen LogP contribution in [0.15, 0.2) is 12.1 Å². The van der Waals surface area contributed by atoms with Crippen LogP contribution in [0.5, 0.6) is 5.75 Å². The zero-order chi connectivity index (χ0) is 13.7. The van der Waals surface area contributed by atoms with Crippen LogP contribution in [0.3, 0.4) is 0 Å². The standard InChI is InChI=1S/C15H23NO2/c1-5-6-12(9-16)15(17)13-7-11(3)14(18-4)8-10(13)2/h7-8,12H,5-6,9,16H2,1-4H3. The number of methoxy groups -OCH3 is 1. The Morgan fingerprint density at radius 1 is 1.33 bits per heavy atom. The number of benzene rings is 1. The molecule has 1 unspecified atom stereocenters. The van der Waals surface area contributed by atoms with Crippen LogP contribution >= 0.6 is 0 Å². The summed E-state index contributed by atoms with van der Waals surface area (Å²) in [5.74, 6) is 0.910.